The molecule has 1 fully saturated rings. The van der Waals surface area contributed by atoms with Crippen LogP contribution in [0.15, 0.2) is 34.9 Å². The predicted octanol–water partition coefficient (Wildman–Crippen LogP) is 4.03. The summed E-state index contributed by atoms with van der Waals surface area (Å²) in [5.74, 6) is 0. The molecule has 0 saturated carbocycles. The summed E-state index contributed by atoms with van der Waals surface area (Å²) >= 11 is 0. The predicted molar refractivity (Wildman–Crippen MR) is 114 cm³/mol. The highest BCUT2D eigenvalue weighted by atomic mass is 16.7. The van der Waals surface area contributed by atoms with Crippen molar-refractivity contribution in [1.29, 1.82) is 0 Å². The Kier molecular flexibility index (Phi) is 6.80. The van der Waals surface area contributed by atoms with Gasteiger partial charge in [0.25, 0.3) is 0 Å². The number of oxime groups is 1. The second-order valence-corrected chi connectivity index (χ2v) is 9.04. The van der Waals surface area contributed by atoms with Crippen molar-refractivity contribution in [1.82, 2.24) is 5.32 Å². The van der Waals surface area contributed by atoms with Gasteiger partial charge in [-0.05, 0) is 59.5 Å². The van der Waals surface area contributed by atoms with Gasteiger partial charge in [0, 0.05) is 12.1 Å². The summed E-state index contributed by atoms with van der Waals surface area (Å²) in [5, 5.41) is 14.8. The van der Waals surface area contributed by atoms with E-state index in [1.807, 2.05) is 78.8 Å². The van der Waals surface area contributed by atoms with Crippen LogP contribution in [0.25, 0.3) is 6.08 Å². The highest BCUT2D eigenvalue weighted by Gasteiger charge is 2.52. The van der Waals surface area contributed by atoms with Crippen LogP contribution in [0.3, 0.4) is 0 Å². The number of hydrogen-bond acceptors (Lipinski definition) is 6. The minimum Gasteiger partial charge on any atom is -0.444 e. The van der Waals surface area contributed by atoms with Gasteiger partial charge in [0.15, 0.2) is 0 Å². The van der Waals surface area contributed by atoms with Crippen molar-refractivity contribution in [3.63, 3.8) is 0 Å². The van der Waals surface area contributed by atoms with Crippen LogP contribution in [0.2, 0.25) is 0 Å². The first kappa shape index (κ1) is 23.0. The lowest BCUT2D eigenvalue weighted by atomic mass is 9.76. The molecule has 0 aromatic heterocycles. The van der Waals surface area contributed by atoms with E-state index in [1.54, 1.807) is 0 Å². The van der Waals surface area contributed by atoms with Crippen molar-refractivity contribution >= 4 is 25.5 Å². The zero-order valence-corrected chi connectivity index (χ0v) is 18.3. The molecule has 0 atom stereocenters. The molecule has 7 nitrogen and oxygen atoms in total. The molecule has 1 aliphatic heterocycles. The zero-order valence-electron chi connectivity index (χ0n) is 18.3. The molecule has 0 spiro atoms. The summed E-state index contributed by atoms with van der Waals surface area (Å²) < 4.78 is 17.7. The fourth-order valence-electron chi connectivity index (χ4n) is 2.71. The molecular weight excluding hydrogens is 371 g/mol. The molecular formula is C21H31BN2O5. The molecule has 158 valence electrons. The average Bonchev–Trinajstić information content (AvgIpc) is 2.79. The summed E-state index contributed by atoms with van der Waals surface area (Å²) in [6.45, 7) is 13.5. The maximum Gasteiger partial charge on any atom is 0.492 e. The fourth-order valence-corrected chi connectivity index (χ4v) is 2.71. The molecule has 0 radical (unpaired) electrons. The van der Waals surface area contributed by atoms with Crippen LogP contribution in [0.1, 0.15) is 59.6 Å². The van der Waals surface area contributed by atoms with Crippen LogP contribution in [0.4, 0.5) is 4.79 Å². The Bertz CT molecular complexity index is 781. The largest absolute Gasteiger partial charge is 0.492 e. The highest BCUT2D eigenvalue weighted by Crippen LogP contribution is 2.38. The van der Waals surface area contributed by atoms with Gasteiger partial charge in [0.05, 0.1) is 17.4 Å². The van der Waals surface area contributed by atoms with Gasteiger partial charge >= 0.3 is 13.2 Å². The zero-order chi connectivity index (χ0) is 21.9. The monoisotopic (exact) mass is 402 g/mol. The topological polar surface area (TPSA) is 89.4 Å². The number of alkyl carbamates (subject to hydrolysis) is 1. The summed E-state index contributed by atoms with van der Waals surface area (Å²) in [5.41, 5.74) is 0.613. The summed E-state index contributed by atoms with van der Waals surface area (Å²) in [6.07, 6.45) is 2.70. The first-order valence-corrected chi connectivity index (χ1v) is 9.64. The van der Waals surface area contributed by atoms with Crippen molar-refractivity contribution in [2.45, 2.75) is 65.3 Å². The van der Waals surface area contributed by atoms with E-state index in [4.69, 9.17) is 19.3 Å². The number of rotatable bonds is 5. The Morgan fingerprint density at radius 1 is 1.17 bits per heavy atom. The van der Waals surface area contributed by atoms with E-state index in [1.165, 1.54) is 6.21 Å². The first-order valence-electron chi connectivity index (χ1n) is 9.64. The molecule has 0 unspecified atom stereocenters. The maximum absolute atomic E-state index is 12.2. The molecule has 1 aliphatic rings. The van der Waals surface area contributed by atoms with Gasteiger partial charge in [-0.15, -0.1) is 0 Å². The molecule has 2 rings (SSSR count). The number of nitrogens with zero attached hydrogens (tertiary/aromatic N) is 1. The quantitative estimate of drug-likeness (QED) is 0.336. The van der Waals surface area contributed by atoms with E-state index in [9.17, 15) is 4.79 Å². The lowest BCUT2D eigenvalue weighted by molar-refractivity contribution is 0.00578. The Hall–Kier alpha value is -2.32. The van der Waals surface area contributed by atoms with E-state index >= 15 is 0 Å². The lowest BCUT2D eigenvalue weighted by Gasteiger charge is -2.32. The highest BCUT2D eigenvalue weighted by molar-refractivity contribution is 6.56. The number of carbonyl (C=O) groups is 1. The Morgan fingerprint density at radius 3 is 2.24 bits per heavy atom. The van der Waals surface area contributed by atoms with Gasteiger partial charge in [-0.2, -0.15) is 0 Å². The number of ether oxygens (including phenoxy) is 1. The number of benzene rings is 1. The third kappa shape index (κ3) is 6.08. The van der Waals surface area contributed by atoms with Crippen LogP contribution < -0.4 is 5.32 Å². The maximum atomic E-state index is 12.2. The fraction of sp³-hybridized carbons (Fsp3) is 0.524. The minimum atomic E-state index is -0.644. The van der Waals surface area contributed by atoms with Crippen molar-refractivity contribution in [2.24, 2.45) is 5.16 Å². The second kappa shape index (κ2) is 8.59. The van der Waals surface area contributed by atoms with Crippen molar-refractivity contribution in [3.8, 4) is 0 Å². The molecule has 0 aliphatic carbocycles. The Labute approximate surface area is 173 Å². The summed E-state index contributed by atoms with van der Waals surface area (Å²) in [7, 11) is -0.644. The summed E-state index contributed by atoms with van der Waals surface area (Å²) in [4.78, 5) is 12.2. The van der Waals surface area contributed by atoms with Gasteiger partial charge in [-0.3, -0.25) is 0 Å². The van der Waals surface area contributed by atoms with E-state index in [0.717, 1.165) is 11.1 Å². The lowest BCUT2D eigenvalue weighted by Crippen LogP contribution is -2.41. The Balaban J connectivity index is 2.33. The second-order valence-electron chi connectivity index (χ2n) is 9.04. The van der Waals surface area contributed by atoms with Crippen LogP contribution in [-0.2, 0) is 14.0 Å². The summed E-state index contributed by atoms with van der Waals surface area (Å²) in [6, 6.07) is 7.44. The van der Waals surface area contributed by atoms with Crippen molar-refractivity contribution in [2.75, 3.05) is 6.54 Å². The Morgan fingerprint density at radius 2 is 1.72 bits per heavy atom. The van der Waals surface area contributed by atoms with Gasteiger partial charge < -0.3 is 24.6 Å². The molecule has 8 heteroatoms. The number of amides is 1. The molecule has 2 N–H and O–H groups in total. The number of nitrogens with one attached hydrogen (secondary N) is 1. The average molecular weight is 402 g/mol. The molecule has 29 heavy (non-hydrogen) atoms. The van der Waals surface area contributed by atoms with E-state index in [-0.39, 0.29) is 6.54 Å². The smallest absolute Gasteiger partial charge is 0.444 e. The minimum absolute atomic E-state index is 0.177. The van der Waals surface area contributed by atoms with E-state index < -0.39 is 30.0 Å². The first-order chi connectivity index (χ1) is 13.3. The number of hydrogen-bond donors (Lipinski definition) is 2. The van der Waals surface area contributed by atoms with E-state index in [0.29, 0.717) is 5.47 Å². The van der Waals surface area contributed by atoms with Gasteiger partial charge in [0.2, 0.25) is 0 Å². The van der Waals surface area contributed by atoms with Crippen LogP contribution in [-0.4, -0.2) is 48.0 Å². The SMILES string of the molecule is CC(C)(C)OC(=O)NCC(=Cc1ccccc1C=NO)B1OC(C)(C)C(C)(C)O1. The van der Waals surface area contributed by atoms with Crippen LogP contribution in [0, 0.1) is 0 Å². The van der Waals surface area contributed by atoms with Crippen molar-refractivity contribution < 1.29 is 24.0 Å². The normalized spacial score (nSPS) is 18.9. The van der Waals surface area contributed by atoms with Gasteiger partial charge in [0.1, 0.15) is 5.60 Å². The molecule has 0 bridgehead atoms. The standard InChI is InChI=1S/C21H31BN2O5/c1-19(2,3)27-18(25)23-14-17(22-28-20(4,5)21(6,7)29-22)12-15-10-8-9-11-16(15)13-24-26/h8-13,26H,14H2,1-7H3,(H,23,25). The van der Waals surface area contributed by atoms with Gasteiger partial charge in [-0.1, -0.05) is 35.5 Å². The van der Waals surface area contributed by atoms with E-state index in [2.05, 4.69) is 10.5 Å². The molecule has 1 aromatic rings. The third-order valence-corrected chi connectivity index (χ3v) is 4.93. The third-order valence-electron chi connectivity index (χ3n) is 4.93. The van der Waals surface area contributed by atoms with Crippen LogP contribution >= 0.6 is 0 Å². The van der Waals surface area contributed by atoms with Gasteiger partial charge in [-0.25, -0.2) is 4.79 Å². The van der Waals surface area contributed by atoms with Crippen LogP contribution in [0.5, 0.6) is 0 Å². The molecule has 1 aromatic carbocycles. The number of carbonyl (C=O) groups excluding carboxylic acids is 1. The molecule has 1 heterocycles. The molecule has 1 amide bonds. The van der Waals surface area contributed by atoms with Crippen molar-refractivity contribution in [3.05, 3.63) is 40.9 Å². The molecule has 1 saturated heterocycles.